The first-order chi connectivity index (χ1) is 15.6. The molecule has 1 atom stereocenters. The normalized spacial score (nSPS) is 18.9. The lowest BCUT2D eigenvalue weighted by atomic mass is 10.0. The number of ether oxygens (including phenoxy) is 3. The first-order valence-electron chi connectivity index (χ1n) is 11.6. The first kappa shape index (κ1) is 22.8. The highest BCUT2D eigenvalue weighted by Crippen LogP contribution is 2.27. The maximum absolute atomic E-state index is 12.0. The Morgan fingerprint density at radius 3 is 2.62 bits per heavy atom. The van der Waals surface area contributed by atoms with Gasteiger partial charge in [-0.3, -0.25) is 14.6 Å². The molecule has 2 aliphatic rings. The van der Waals surface area contributed by atoms with E-state index >= 15 is 0 Å². The molecule has 0 aliphatic carbocycles. The van der Waals surface area contributed by atoms with Crippen LogP contribution in [0.5, 0.6) is 5.75 Å². The van der Waals surface area contributed by atoms with Gasteiger partial charge in [0.15, 0.2) is 0 Å². The molecule has 0 radical (unpaired) electrons. The van der Waals surface area contributed by atoms with Crippen LogP contribution in [0.2, 0.25) is 0 Å². The van der Waals surface area contributed by atoms with Gasteiger partial charge in [-0.25, -0.2) is 0 Å². The zero-order valence-electron chi connectivity index (χ0n) is 19.2. The molecule has 0 saturated carbocycles. The Hall–Kier alpha value is -2.41. The number of esters is 1. The van der Waals surface area contributed by atoms with Crippen molar-refractivity contribution < 1.29 is 19.0 Å². The number of rotatable bonds is 7. The summed E-state index contributed by atoms with van der Waals surface area (Å²) in [4.78, 5) is 16.6. The fourth-order valence-electron chi connectivity index (χ4n) is 4.50. The number of carbonyl (C=O) groups is 1. The van der Waals surface area contributed by atoms with E-state index in [2.05, 4.69) is 52.3 Å². The average molecular weight is 439 g/mol. The van der Waals surface area contributed by atoms with Crippen molar-refractivity contribution in [3.05, 3.63) is 65.2 Å². The fraction of sp³-hybridized carbons (Fsp3) is 0.500. The van der Waals surface area contributed by atoms with E-state index in [1.165, 1.54) is 18.2 Å². The molecule has 0 aromatic heterocycles. The number of nitrogens with zero attached hydrogens (tertiary/aromatic N) is 2. The van der Waals surface area contributed by atoms with Gasteiger partial charge in [-0.05, 0) is 43.0 Å². The van der Waals surface area contributed by atoms with Crippen LogP contribution in [0, 0.1) is 0 Å². The summed E-state index contributed by atoms with van der Waals surface area (Å²) < 4.78 is 17.0. The van der Waals surface area contributed by atoms with Crippen LogP contribution in [0.4, 0.5) is 0 Å². The zero-order chi connectivity index (χ0) is 22.3. The SMILES string of the molecule is COC(=O)C(C)N1CCOc2ccc(CN3CCC(OCc4ccccc4)CC3)cc2C1. The number of fused-ring (bicyclic) bond motifs is 1. The monoisotopic (exact) mass is 438 g/mol. The first-order valence-corrected chi connectivity index (χ1v) is 11.6. The number of methoxy groups -OCH3 is 1. The summed E-state index contributed by atoms with van der Waals surface area (Å²) in [7, 11) is 1.44. The molecule has 1 unspecified atom stereocenters. The summed E-state index contributed by atoms with van der Waals surface area (Å²) in [5, 5.41) is 0. The Morgan fingerprint density at radius 1 is 1.09 bits per heavy atom. The molecule has 2 aliphatic heterocycles. The summed E-state index contributed by atoms with van der Waals surface area (Å²) in [6, 6.07) is 16.6. The van der Waals surface area contributed by atoms with Crippen LogP contribution in [0.1, 0.15) is 36.5 Å². The van der Waals surface area contributed by atoms with Gasteiger partial charge in [0, 0.05) is 38.3 Å². The number of benzene rings is 2. The molecule has 4 rings (SSSR count). The van der Waals surface area contributed by atoms with Crippen molar-refractivity contribution in [3.63, 3.8) is 0 Å². The van der Waals surface area contributed by atoms with Gasteiger partial charge >= 0.3 is 5.97 Å². The molecule has 1 fully saturated rings. The topological polar surface area (TPSA) is 51.2 Å². The van der Waals surface area contributed by atoms with Gasteiger partial charge in [0.25, 0.3) is 0 Å². The molecule has 2 aromatic carbocycles. The predicted octanol–water partition coefficient (Wildman–Crippen LogP) is 3.62. The quantitative estimate of drug-likeness (QED) is 0.616. The minimum absolute atomic E-state index is 0.207. The van der Waals surface area contributed by atoms with Gasteiger partial charge in [-0.1, -0.05) is 36.4 Å². The number of piperidine rings is 1. The highest BCUT2D eigenvalue weighted by Gasteiger charge is 2.26. The zero-order valence-corrected chi connectivity index (χ0v) is 19.2. The molecular formula is C26H34N2O4. The predicted molar refractivity (Wildman–Crippen MR) is 123 cm³/mol. The van der Waals surface area contributed by atoms with E-state index in [0.717, 1.165) is 43.8 Å². The van der Waals surface area contributed by atoms with Crippen molar-refractivity contribution >= 4 is 5.97 Å². The van der Waals surface area contributed by atoms with Gasteiger partial charge in [0.1, 0.15) is 18.4 Å². The lowest BCUT2D eigenvalue weighted by Gasteiger charge is -2.32. The van der Waals surface area contributed by atoms with Gasteiger partial charge in [-0.15, -0.1) is 0 Å². The number of hydrogen-bond donors (Lipinski definition) is 0. The molecule has 0 amide bonds. The van der Waals surface area contributed by atoms with E-state index in [4.69, 9.17) is 14.2 Å². The molecule has 6 heteroatoms. The van der Waals surface area contributed by atoms with Gasteiger partial charge in [0.05, 0.1) is 19.8 Å². The van der Waals surface area contributed by atoms with E-state index in [1.54, 1.807) is 0 Å². The van der Waals surface area contributed by atoms with Gasteiger partial charge < -0.3 is 14.2 Å². The van der Waals surface area contributed by atoms with Crippen LogP contribution < -0.4 is 4.74 Å². The summed E-state index contributed by atoms with van der Waals surface area (Å²) in [6.45, 7) is 7.56. The van der Waals surface area contributed by atoms with Crippen LogP contribution >= 0.6 is 0 Å². The molecule has 0 N–H and O–H groups in total. The second-order valence-electron chi connectivity index (χ2n) is 8.73. The summed E-state index contributed by atoms with van der Waals surface area (Å²) >= 11 is 0. The number of carbonyl (C=O) groups excluding carboxylic acids is 1. The number of hydrogen-bond acceptors (Lipinski definition) is 6. The number of likely N-dealkylation sites (tertiary alicyclic amines) is 1. The lowest BCUT2D eigenvalue weighted by Crippen LogP contribution is -2.40. The smallest absolute Gasteiger partial charge is 0.322 e. The maximum atomic E-state index is 12.0. The Kier molecular flexibility index (Phi) is 7.79. The van der Waals surface area contributed by atoms with Crippen molar-refractivity contribution in [2.75, 3.05) is 33.4 Å². The van der Waals surface area contributed by atoms with Crippen molar-refractivity contribution in [1.29, 1.82) is 0 Å². The van der Waals surface area contributed by atoms with E-state index in [9.17, 15) is 4.79 Å². The summed E-state index contributed by atoms with van der Waals surface area (Å²) in [5.74, 6) is 0.711. The molecule has 2 aromatic rings. The van der Waals surface area contributed by atoms with Gasteiger partial charge in [-0.2, -0.15) is 0 Å². The second kappa shape index (κ2) is 10.9. The Balaban J connectivity index is 1.30. The maximum Gasteiger partial charge on any atom is 0.322 e. The standard InChI is InChI=1S/C26H34N2O4/c1-20(26(29)30-2)28-14-15-31-25-9-8-22(16-23(25)18-28)17-27-12-10-24(11-13-27)32-19-21-6-4-3-5-7-21/h3-9,16,20,24H,10-15,17-19H2,1-2H3. The minimum atomic E-state index is -0.284. The third-order valence-electron chi connectivity index (χ3n) is 6.49. The Labute approximate surface area is 191 Å². The third-order valence-corrected chi connectivity index (χ3v) is 6.49. The van der Waals surface area contributed by atoms with E-state index in [1.807, 2.05) is 13.0 Å². The lowest BCUT2D eigenvalue weighted by molar-refractivity contribution is -0.146. The summed E-state index contributed by atoms with van der Waals surface area (Å²) in [6.07, 6.45) is 2.46. The van der Waals surface area contributed by atoms with Crippen molar-refractivity contribution in [1.82, 2.24) is 9.80 Å². The van der Waals surface area contributed by atoms with Crippen LogP contribution in [0.15, 0.2) is 48.5 Å². The molecule has 0 spiro atoms. The van der Waals surface area contributed by atoms with Crippen molar-refractivity contribution in [2.24, 2.45) is 0 Å². The average Bonchev–Trinajstić information content (AvgIpc) is 3.05. The molecule has 2 heterocycles. The van der Waals surface area contributed by atoms with Crippen LogP contribution in [0.25, 0.3) is 0 Å². The highest BCUT2D eigenvalue weighted by atomic mass is 16.5. The highest BCUT2D eigenvalue weighted by molar-refractivity contribution is 5.75. The second-order valence-corrected chi connectivity index (χ2v) is 8.73. The molecular weight excluding hydrogens is 404 g/mol. The summed E-state index contributed by atoms with van der Waals surface area (Å²) in [5.41, 5.74) is 3.65. The molecule has 32 heavy (non-hydrogen) atoms. The van der Waals surface area contributed by atoms with E-state index < -0.39 is 0 Å². The molecule has 0 bridgehead atoms. The van der Waals surface area contributed by atoms with Crippen LogP contribution in [0.3, 0.4) is 0 Å². The van der Waals surface area contributed by atoms with Crippen molar-refractivity contribution in [2.45, 2.75) is 51.6 Å². The minimum Gasteiger partial charge on any atom is -0.492 e. The van der Waals surface area contributed by atoms with Crippen LogP contribution in [-0.4, -0.2) is 61.3 Å². The molecule has 1 saturated heterocycles. The molecule has 172 valence electrons. The Morgan fingerprint density at radius 2 is 1.88 bits per heavy atom. The third kappa shape index (κ3) is 5.88. The van der Waals surface area contributed by atoms with Crippen molar-refractivity contribution in [3.8, 4) is 5.75 Å². The molecule has 6 nitrogen and oxygen atoms in total. The Bertz CT molecular complexity index is 881. The fourth-order valence-corrected chi connectivity index (χ4v) is 4.50. The van der Waals surface area contributed by atoms with Gasteiger partial charge in [0.2, 0.25) is 0 Å². The van der Waals surface area contributed by atoms with E-state index in [0.29, 0.717) is 32.4 Å². The van der Waals surface area contributed by atoms with Crippen LogP contribution in [-0.2, 0) is 34.0 Å². The van der Waals surface area contributed by atoms with E-state index in [-0.39, 0.29) is 12.0 Å². The largest absolute Gasteiger partial charge is 0.492 e.